The normalized spacial score (nSPS) is 10.8. The Morgan fingerprint density at radius 3 is 2.03 bits per heavy atom. The molecule has 0 unspecified atom stereocenters. The van der Waals surface area contributed by atoms with Gasteiger partial charge in [-0.3, -0.25) is 4.31 Å². The van der Waals surface area contributed by atoms with Crippen molar-refractivity contribution in [3.05, 3.63) is 120 Å². The van der Waals surface area contributed by atoms with Crippen LogP contribution in [0, 0.1) is 11.3 Å². The second-order valence-corrected chi connectivity index (χ2v) is 8.91. The Labute approximate surface area is 187 Å². The summed E-state index contributed by atoms with van der Waals surface area (Å²) in [5, 5.41) is 9.20. The Kier molecular flexibility index (Phi) is 6.20. The molecular formula is C26H20N2O3S. The van der Waals surface area contributed by atoms with E-state index in [2.05, 4.69) is 0 Å². The molecule has 0 saturated heterocycles. The summed E-state index contributed by atoms with van der Waals surface area (Å²) in [4.78, 5) is 0.0668. The lowest BCUT2D eigenvalue weighted by Gasteiger charge is -2.25. The minimum absolute atomic E-state index is 0.0668. The van der Waals surface area contributed by atoms with Gasteiger partial charge in [-0.1, -0.05) is 54.6 Å². The zero-order valence-corrected chi connectivity index (χ0v) is 17.9. The van der Waals surface area contributed by atoms with Crippen molar-refractivity contribution in [2.75, 3.05) is 4.31 Å². The first-order valence-electron chi connectivity index (χ1n) is 9.96. The van der Waals surface area contributed by atoms with E-state index in [1.165, 1.54) is 16.4 Å². The summed E-state index contributed by atoms with van der Waals surface area (Å²) in [7, 11) is -3.92. The van der Waals surface area contributed by atoms with Gasteiger partial charge in [0.05, 0.1) is 28.8 Å². The van der Waals surface area contributed by atoms with Crippen LogP contribution in [-0.4, -0.2) is 8.42 Å². The van der Waals surface area contributed by atoms with Crippen LogP contribution in [0.25, 0.3) is 0 Å². The van der Waals surface area contributed by atoms with E-state index in [0.29, 0.717) is 17.2 Å². The summed E-state index contributed by atoms with van der Waals surface area (Å²) in [6.07, 6.45) is 0. The predicted molar refractivity (Wildman–Crippen MR) is 124 cm³/mol. The van der Waals surface area contributed by atoms with Crippen LogP contribution in [-0.2, 0) is 16.6 Å². The average Bonchev–Trinajstić information content (AvgIpc) is 2.84. The standard InChI is InChI=1S/C26H20N2O3S/c27-19-22-10-7-13-26(18-22)32(29,30)28(20-21-8-3-1-4-9-21)23-14-16-25(17-15-23)31-24-11-5-2-6-12-24/h1-18H,20H2. The second-order valence-electron chi connectivity index (χ2n) is 7.05. The molecule has 0 fully saturated rings. The first kappa shape index (κ1) is 21.2. The summed E-state index contributed by atoms with van der Waals surface area (Å²) in [6, 6.07) is 33.7. The van der Waals surface area contributed by atoms with Crippen LogP contribution in [0.4, 0.5) is 5.69 Å². The van der Waals surface area contributed by atoms with Crippen molar-refractivity contribution < 1.29 is 13.2 Å². The maximum atomic E-state index is 13.6. The molecule has 4 aromatic rings. The average molecular weight is 441 g/mol. The highest BCUT2D eigenvalue weighted by Crippen LogP contribution is 2.29. The third-order valence-electron chi connectivity index (χ3n) is 4.82. The van der Waals surface area contributed by atoms with Crippen molar-refractivity contribution in [1.29, 1.82) is 5.26 Å². The van der Waals surface area contributed by atoms with Gasteiger partial charge in [0.25, 0.3) is 10.0 Å². The summed E-state index contributed by atoms with van der Waals surface area (Å²) in [5.74, 6) is 1.30. The Bertz CT molecular complexity index is 1330. The number of rotatable bonds is 7. The van der Waals surface area contributed by atoms with Crippen molar-refractivity contribution in [3.8, 4) is 17.6 Å². The largest absolute Gasteiger partial charge is 0.457 e. The molecule has 0 radical (unpaired) electrons. The highest BCUT2D eigenvalue weighted by atomic mass is 32.2. The molecule has 0 heterocycles. The molecule has 0 amide bonds. The van der Waals surface area contributed by atoms with Crippen LogP contribution in [0.15, 0.2) is 114 Å². The van der Waals surface area contributed by atoms with Gasteiger partial charge >= 0.3 is 0 Å². The predicted octanol–water partition coefficient (Wildman–Crippen LogP) is 5.75. The van der Waals surface area contributed by atoms with Gasteiger partial charge in [-0.2, -0.15) is 5.26 Å². The number of ether oxygens (including phenoxy) is 1. The minimum atomic E-state index is -3.92. The SMILES string of the molecule is N#Cc1cccc(S(=O)(=O)N(Cc2ccccc2)c2ccc(Oc3ccccc3)cc2)c1. The molecule has 0 bridgehead atoms. The molecule has 4 rings (SSSR count). The fourth-order valence-electron chi connectivity index (χ4n) is 3.22. The lowest BCUT2D eigenvalue weighted by Crippen LogP contribution is -2.30. The van der Waals surface area contributed by atoms with E-state index < -0.39 is 10.0 Å². The number of para-hydroxylation sites is 1. The van der Waals surface area contributed by atoms with Crippen molar-refractivity contribution >= 4 is 15.7 Å². The van der Waals surface area contributed by atoms with E-state index in [4.69, 9.17) is 4.74 Å². The third-order valence-corrected chi connectivity index (χ3v) is 6.59. The minimum Gasteiger partial charge on any atom is -0.457 e. The van der Waals surface area contributed by atoms with Gasteiger partial charge in [0.2, 0.25) is 0 Å². The fraction of sp³-hybridized carbons (Fsp3) is 0.0385. The van der Waals surface area contributed by atoms with E-state index in [1.807, 2.05) is 66.7 Å². The van der Waals surface area contributed by atoms with Crippen LogP contribution in [0.1, 0.15) is 11.1 Å². The molecule has 5 nitrogen and oxygen atoms in total. The smallest absolute Gasteiger partial charge is 0.264 e. The highest BCUT2D eigenvalue weighted by molar-refractivity contribution is 7.92. The summed E-state index contributed by atoms with van der Waals surface area (Å²) >= 11 is 0. The lowest BCUT2D eigenvalue weighted by atomic mass is 10.2. The maximum absolute atomic E-state index is 13.6. The Balaban J connectivity index is 1.70. The molecule has 0 atom stereocenters. The molecule has 0 N–H and O–H groups in total. The molecular weight excluding hydrogens is 420 g/mol. The highest BCUT2D eigenvalue weighted by Gasteiger charge is 2.25. The molecule has 0 aliphatic heterocycles. The van der Waals surface area contributed by atoms with Crippen LogP contribution in [0.2, 0.25) is 0 Å². The lowest BCUT2D eigenvalue weighted by molar-refractivity contribution is 0.482. The second kappa shape index (κ2) is 9.38. The molecule has 0 saturated carbocycles. The third kappa shape index (κ3) is 4.80. The van der Waals surface area contributed by atoms with E-state index >= 15 is 0 Å². The molecule has 6 heteroatoms. The van der Waals surface area contributed by atoms with Crippen LogP contribution in [0.5, 0.6) is 11.5 Å². The van der Waals surface area contributed by atoms with Crippen molar-refractivity contribution in [3.63, 3.8) is 0 Å². The summed E-state index contributed by atoms with van der Waals surface area (Å²) < 4.78 is 34.3. The Morgan fingerprint density at radius 2 is 1.38 bits per heavy atom. The number of anilines is 1. The van der Waals surface area contributed by atoms with Gasteiger partial charge in [-0.15, -0.1) is 0 Å². The van der Waals surface area contributed by atoms with Gasteiger partial charge in [-0.25, -0.2) is 8.42 Å². The number of nitrogens with zero attached hydrogens (tertiary/aromatic N) is 2. The van der Waals surface area contributed by atoms with E-state index in [0.717, 1.165) is 5.56 Å². The number of hydrogen-bond acceptors (Lipinski definition) is 4. The van der Waals surface area contributed by atoms with Gasteiger partial charge in [0.15, 0.2) is 0 Å². The first-order chi connectivity index (χ1) is 15.6. The topological polar surface area (TPSA) is 70.4 Å². The Morgan fingerprint density at radius 1 is 0.750 bits per heavy atom. The molecule has 32 heavy (non-hydrogen) atoms. The van der Waals surface area contributed by atoms with Crippen LogP contribution in [0.3, 0.4) is 0 Å². The molecule has 158 valence electrons. The van der Waals surface area contributed by atoms with Gasteiger partial charge in [0, 0.05) is 0 Å². The maximum Gasteiger partial charge on any atom is 0.264 e. The zero-order chi connectivity index (χ0) is 22.4. The zero-order valence-electron chi connectivity index (χ0n) is 17.1. The van der Waals surface area contributed by atoms with Crippen molar-refractivity contribution in [1.82, 2.24) is 0 Å². The monoisotopic (exact) mass is 440 g/mol. The van der Waals surface area contributed by atoms with Crippen molar-refractivity contribution in [2.24, 2.45) is 0 Å². The molecule has 0 aromatic heterocycles. The van der Waals surface area contributed by atoms with E-state index in [9.17, 15) is 13.7 Å². The molecule has 0 spiro atoms. The number of sulfonamides is 1. The molecule has 0 aliphatic carbocycles. The van der Waals surface area contributed by atoms with Gasteiger partial charge < -0.3 is 4.74 Å². The van der Waals surface area contributed by atoms with Crippen molar-refractivity contribution in [2.45, 2.75) is 11.4 Å². The Hall–Kier alpha value is -4.08. The number of hydrogen-bond donors (Lipinski definition) is 0. The van der Waals surface area contributed by atoms with Crippen LogP contribution >= 0.6 is 0 Å². The summed E-state index contributed by atoms with van der Waals surface area (Å²) in [5.41, 5.74) is 1.63. The summed E-state index contributed by atoms with van der Waals surface area (Å²) in [6.45, 7) is 0.152. The van der Waals surface area contributed by atoms with Gasteiger partial charge in [-0.05, 0) is 60.2 Å². The van der Waals surface area contributed by atoms with E-state index in [-0.39, 0.29) is 17.0 Å². The van der Waals surface area contributed by atoms with E-state index in [1.54, 1.807) is 36.4 Å². The number of benzene rings is 4. The quantitative estimate of drug-likeness (QED) is 0.367. The first-order valence-corrected chi connectivity index (χ1v) is 11.4. The van der Waals surface area contributed by atoms with Crippen LogP contribution < -0.4 is 9.04 Å². The molecule has 4 aromatic carbocycles. The fourth-order valence-corrected chi connectivity index (χ4v) is 4.72. The van der Waals surface area contributed by atoms with Gasteiger partial charge in [0.1, 0.15) is 11.5 Å². The number of nitriles is 1. The molecule has 0 aliphatic rings.